The molecule has 0 amide bonds. The average molecular weight is 212 g/mol. The molecule has 1 unspecified atom stereocenters. The number of benzene rings is 1. The summed E-state index contributed by atoms with van der Waals surface area (Å²) >= 11 is 5.71. The molecule has 0 aliphatic rings. The summed E-state index contributed by atoms with van der Waals surface area (Å²) in [6.45, 7) is 7.26. The van der Waals surface area contributed by atoms with E-state index in [9.17, 15) is 0 Å². The normalized spacial score (nSPS) is 12.9. The lowest BCUT2D eigenvalue weighted by Gasteiger charge is -2.11. The van der Waals surface area contributed by atoms with Crippen molar-refractivity contribution in [1.29, 1.82) is 0 Å². The van der Waals surface area contributed by atoms with Crippen LogP contribution in [0.15, 0.2) is 18.2 Å². The summed E-state index contributed by atoms with van der Waals surface area (Å²) in [7, 11) is 0. The minimum absolute atomic E-state index is 0.373. The Balaban J connectivity index is 2.55. The molecule has 0 saturated carbocycles. The first-order valence-electron chi connectivity index (χ1n) is 4.99. The molecule has 1 atom stereocenters. The van der Waals surface area contributed by atoms with Gasteiger partial charge in [-0.25, -0.2) is 0 Å². The van der Waals surface area contributed by atoms with Crippen LogP contribution in [0.5, 0.6) is 0 Å². The highest BCUT2D eigenvalue weighted by Gasteiger charge is 2.00. The molecular formula is C12H18ClN. The first kappa shape index (κ1) is 11.5. The number of aryl methyl sites for hydroxylation is 2. The van der Waals surface area contributed by atoms with Crippen molar-refractivity contribution in [3.63, 3.8) is 0 Å². The van der Waals surface area contributed by atoms with E-state index >= 15 is 0 Å². The molecule has 0 heterocycles. The van der Waals surface area contributed by atoms with Gasteiger partial charge in [0.1, 0.15) is 0 Å². The molecule has 1 N–H and O–H groups in total. The predicted molar refractivity (Wildman–Crippen MR) is 62.9 cm³/mol. The molecule has 1 aromatic carbocycles. The van der Waals surface area contributed by atoms with Crippen molar-refractivity contribution in [2.45, 2.75) is 33.4 Å². The summed E-state index contributed by atoms with van der Waals surface area (Å²) in [4.78, 5) is 0. The highest BCUT2D eigenvalue weighted by atomic mass is 35.5. The Kier molecular flexibility index (Phi) is 4.43. The standard InChI is InChI=1S/C12H18ClN/c1-9-4-5-12(6-10(9)2)8-14-11(3)7-13/h4-6,11,14H,7-8H2,1-3H3. The van der Waals surface area contributed by atoms with E-state index in [0.29, 0.717) is 11.9 Å². The molecule has 14 heavy (non-hydrogen) atoms. The van der Waals surface area contributed by atoms with E-state index in [1.807, 2.05) is 0 Å². The van der Waals surface area contributed by atoms with Crippen LogP contribution in [0.3, 0.4) is 0 Å². The summed E-state index contributed by atoms with van der Waals surface area (Å²) in [5.74, 6) is 0.658. The fourth-order valence-electron chi connectivity index (χ4n) is 1.26. The first-order chi connectivity index (χ1) is 6.63. The third-order valence-electron chi connectivity index (χ3n) is 2.46. The maximum Gasteiger partial charge on any atom is 0.0374 e. The van der Waals surface area contributed by atoms with Crippen molar-refractivity contribution in [1.82, 2.24) is 5.32 Å². The van der Waals surface area contributed by atoms with Gasteiger partial charge in [0.2, 0.25) is 0 Å². The third kappa shape index (κ3) is 3.32. The topological polar surface area (TPSA) is 12.0 Å². The molecule has 78 valence electrons. The SMILES string of the molecule is Cc1ccc(CNC(C)CCl)cc1C. The molecule has 0 saturated heterocycles. The molecule has 0 aromatic heterocycles. The Hall–Kier alpha value is -0.530. The number of hydrogen-bond acceptors (Lipinski definition) is 1. The first-order valence-corrected chi connectivity index (χ1v) is 5.52. The summed E-state index contributed by atoms with van der Waals surface area (Å²) in [6.07, 6.45) is 0. The zero-order chi connectivity index (χ0) is 10.6. The van der Waals surface area contributed by atoms with Crippen molar-refractivity contribution in [2.24, 2.45) is 0 Å². The zero-order valence-corrected chi connectivity index (χ0v) is 9.86. The molecule has 1 nitrogen and oxygen atoms in total. The minimum atomic E-state index is 0.373. The summed E-state index contributed by atoms with van der Waals surface area (Å²) in [5, 5.41) is 3.36. The van der Waals surface area contributed by atoms with Crippen LogP contribution in [-0.4, -0.2) is 11.9 Å². The van der Waals surface area contributed by atoms with Crippen LogP contribution in [0.25, 0.3) is 0 Å². The quantitative estimate of drug-likeness (QED) is 0.756. The van der Waals surface area contributed by atoms with E-state index in [1.165, 1.54) is 16.7 Å². The van der Waals surface area contributed by atoms with Crippen molar-refractivity contribution in [3.8, 4) is 0 Å². The maximum atomic E-state index is 5.71. The van der Waals surface area contributed by atoms with E-state index in [-0.39, 0.29) is 0 Å². The summed E-state index contributed by atoms with van der Waals surface area (Å²) in [6, 6.07) is 6.93. The van der Waals surface area contributed by atoms with E-state index in [0.717, 1.165) is 6.54 Å². The Morgan fingerprint density at radius 1 is 1.29 bits per heavy atom. The van der Waals surface area contributed by atoms with Crippen molar-refractivity contribution < 1.29 is 0 Å². The lowest BCUT2D eigenvalue weighted by atomic mass is 10.1. The van der Waals surface area contributed by atoms with Gasteiger partial charge in [-0.15, -0.1) is 11.6 Å². The van der Waals surface area contributed by atoms with Gasteiger partial charge in [-0.2, -0.15) is 0 Å². The smallest absolute Gasteiger partial charge is 0.0374 e. The largest absolute Gasteiger partial charge is 0.309 e. The Morgan fingerprint density at radius 2 is 2.00 bits per heavy atom. The summed E-state index contributed by atoms with van der Waals surface area (Å²) < 4.78 is 0. The predicted octanol–water partition coefficient (Wildman–Crippen LogP) is 3.02. The number of halogens is 1. The maximum absolute atomic E-state index is 5.71. The fourth-order valence-corrected chi connectivity index (χ4v) is 1.37. The van der Waals surface area contributed by atoms with Crippen LogP contribution in [0.4, 0.5) is 0 Å². The molecule has 0 fully saturated rings. The summed E-state index contributed by atoms with van der Waals surface area (Å²) in [5.41, 5.74) is 4.02. The molecule has 1 aromatic rings. The van der Waals surface area contributed by atoms with Gasteiger partial charge in [-0.05, 0) is 37.5 Å². The molecule has 1 rings (SSSR count). The van der Waals surface area contributed by atoms with Gasteiger partial charge in [0.25, 0.3) is 0 Å². The van der Waals surface area contributed by atoms with Gasteiger partial charge >= 0.3 is 0 Å². The van der Waals surface area contributed by atoms with Crippen LogP contribution in [0.1, 0.15) is 23.6 Å². The molecule has 2 heteroatoms. The molecule has 0 aliphatic heterocycles. The van der Waals surface area contributed by atoms with Crippen molar-refractivity contribution in [2.75, 3.05) is 5.88 Å². The molecule has 0 radical (unpaired) electrons. The second kappa shape index (κ2) is 5.38. The van der Waals surface area contributed by atoms with Gasteiger partial charge < -0.3 is 5.32 Å². The van der Waals surface area contributed by atoms with E-state index in [4.69, 9.17) is 11.6 Å². The monoisotopic (exact) mass is 211 g/mol. The van der Waals surface area contributed by atoms with Gasteiger partial charge in [0.15, 0.2) is 0 Å². The second-order valence-electron chi connectivity index (χ2n) is 3.85. The van der Waals surface area contributed by atoms with E-state index < -0.39 is 0 Å². The van der Waals surface area contributed by atoms with Crippen molar-refractivity contribution >= 4 is 11.6 Å². The lowest BCUT2D eigenvalue weighted by molar-refractivity contribution is 0.593. The number of alkyl halides is 1. The highest BCUT2D eigenvalue weighted by molar-refractivity contribution is 6.18. The van der Waals surface area contributed by atoms with Crippen LogP contribution in [0.2, 0.25) is 0 Å². The van der Waals surface area contributed by atoms with E-state index in [2.05, 4.69) is 44.3 Å². The van der Waals surface area contributed by atoms with Crippen LogP contribution in [0, 0.1) is 13.8 Å². The minimum Gasteiger partial charge on any atom is -0.309 e. The number of rotatable bonds is 4. The fraction of sp³-hybridized carbons (Fsp3) is 0.500. The highest BCUT2D eigenvalue weighted by Crippen LogP contribution is 2.09. The van der Waals surface area contributed by atoms with Crippen molar-refractivity contribution in [3.05, 3.63) is 34.9 Å². The Labute approximate surface area is 91.5 Å². The Bertz CT molecular complexity index is 296. The van der Waals surface area contributed by atoms with Crippen LogP contribution in [-0.2, 0) is 6.54 Å². The number of hydrogen-bond donors (Lipinski definition) is 1. The zero-order valence-electron chi connectivity index (χ0n) is 9.10. The average Bonchev–Trinajstić information content (AvgIpc) is 2.19. The van der Waals surface area contributed by atoms with Gasteiger partial charge in [0, 0.05) is 18.5 Å². The van der Waals surface area contributed by atoms with Crippen LogP contribution < -0.4 is 5.32 Å². The molecule has 0 bridgehead atoms. The third-order valence-corrected chi connectivity index (χ3v) is 2.92. The molecule has 0 spiro atoms. The Morgan fingerprint density at radius 3 is 2.57 bits per heavy atom. The van der Waals surface area contributed by atoms with E-state index in [1.54, 1.807) is 0 Å². The number of nitrogens with one attached hydrogen (secondary N) is 1. The van der Waals surface area contributed by atoms with Gasteiger partial charge in [-0.3, -0.25) is 0 Å². The van der Waals surface area contributed by atoms with Gasteiger partial charge in [0.05, 0.1) is 0 Å². The second-order valence-corrected chi connectivity index (χ2v) is 4.16. The molecular weight excluding hydrogens is 194 g/mol. The van der Waals surface area contributed by atoms with Crippen LogP contribution >= 0.6 is 11.6 Å². The van der Waals surface area contributed by atoms with Gasteiger partial charge in [-0.1, -0.05) is 18.2 Å². The lowest BCUT2D eigenvalue weighted by Crippen LogP contribution is -2.26. The molecule has 0 aliphatic carbocycles.